The predicted octanol–water partition coefficient (Wildman–Crippen LogP) is 1.49. The Morgan fingerprint density at radius 2 is 1.90 bits per heavy atom. The normalized spacial score (nSPS) is 18.0. The lowest BCUT2D eigenvalue weighted by Gasteiger charge is -2.34. The first-order valence-corrected chi connectivity index (χ1v) is 11.2. The van der Waals surface area contributed by atoms with Gasteiger partial charge >= 0.3 is 0 Å². The molecule has 2 amide bonds. The molecule has 1 N–H and O–H groups in total. The molecule has 0 aromatic carbocycles. The summed E-state index contributed by atoms with van der Waals surface area (Å²) in [6, 6.07) is 0. The largest absolute Gasteiger partial charge is 0.350 e. The second-order valence-electron chi connectivity index (χ2n) is 8.76. The van der Waals surface area contributed by atoms with Gasteiger partial charge < -0.3 is 14.8 Å². The van der Waals surface area contributed by atoms with Gasteiger partial charge in [-0.25, -0.2) is 0 Å². The molecule has 2 aliphatic rings. The molecule has 8 nitrogen and oxygen atoms in total. The van der Waals surface area contributed by atoms with Crippen molar-refractivity contribution in [1.82, 2.24) is 29.9 Å². The van der Waals surface area contributed by atoms with Gasteiger partial charge in [0.2, 0.25) is 11.8 Å². The van der Waals surface area contributed by atoms with Gasteiger partial charge in [0.25, 0.3) is 0 Å². The summed E-state index contributed by atoms with van der Waals surface area (Å²) < 4.78 is 2.08. The van der Waals surface area contributed by atoms with Crippen LogP contribution >= 0.6 is 11.8 Å². The number of hydrogen-bond acceptors (Lipinski definition) is 6. The molecule has 1 aromatic heterocycles. The molecule has 9 heteroatoms. The number of hydrogen-bond donors (Lipinski definition) is 1. The van der Waals surface area contributed by atoms with Gasteiger partial charge in [0, 0.05) is 44.2 Å². The van der Waals surface area contributed by atoms with E-state index in [1.54, 1.807) is 0 Å². The van der Waals surface area contributed by atoms with E-state index >= 15 is 0 Å². The Labute approximate surface area is 177 Å². The molecule has 29 heavy (non-hydrogen) atoms. The fourth-order valence-electron chi connectivity index (χ4n) is 3.38. The average molecular weight is 421 g/mol. The second kappa shape index (κ2) is 9.30. The Morgan fingerprint density at radius 3 is 2.48 bits per heavy atom. The molecule has 1 aliphatic carbocycles. The van der Waals surface area contributed by atoms with Crippen LogP contribution in [0.4, 0.5) is 0 Å². The number of rotatable bonds is 8. The average Bonchev–Trinajstić information content (AvgIpc) is 3.41. The summed E-state index contributed by atoms with van der Waals surface area (Å²) in [5.74, 6) is 2.01. The molecule has 0 bridgehead atoms. The van der Waals surface area contributed by atoms with E-state index in [0.29, 0.717) is 50.9 Å². The lowest BCUT2D eigenvalue weighted by molar-refractivity contribution is -0.130. The van der Waals surface area contributed by atoms with E-state index in [2.05, 4.69) is 31.6 Å². The Bertz CT molecular complexity index is 745. The summed E-state index contributed by atoms with van der Waals surface area (Å²) >= 11 is 1.45. The van der Waals surface area contributed by atoms with E-state index < -0.39 is 0 Å². The smallest absolute Gasteiger partial charge is 0.234 e. The molecule has 0 spiro atoms. The number of nitrogens with zero attached hydrogens (tertiary/aromatic N) is 5. The fraction of sp³-hybridized carbons (Fsp3) is 0.700. The number of aromatic nitrogens is 3. The third-order valence-corrected chi connectivity index (χ3v) is 5.88. The molecule has 2 fully saturated rings. The molecular weight excluding hydrogens is 388 g/mol. The zero-order valence-electron chi connectivity index (χ0n) is 17.7. The Balaban J connectivity index is 1.44. The molecular formula is C20H32N6O2S. The van der Waals surface area contributed by atoms with Crippen molar-refractivity contribution >= 4 is 23.6 Å². The van der Waals surface area contributed by atoms with Gasteiger partial charge in [-0.15, -0.1) is 16.8 Å². The number of amides is 2. The van der Waals surface area contributed by atoms with Gasteiger partial charge in [-0.05, 0) is 33.6 Å². The molecule has 0 atom stereocenters. The quantitative estimate of drug-likeness (QED) is 0.507. The molecule has 3 rings (SSSR count). The molecule has 0 unspecified atom stereocenters. The van der Waals surface area contributed by atoms with Gasteiger partial charge in [-0.3, -0.25) is 14.5 Å². The van der Waals surface area contributed by atoms with Crippen LogP contribution in [0.2, 0.25) is 0 Å². The van der Waals surface area contributed by atoms with Gasteiger partial charge in [-0.2, -0.15) is 0 Å². The topological polar surface area (TPSA) is 83.4 Å². The van der Waals surface area contributed by atoms with E-state index in [4.69, 9.17) is 0 Å². The number of piperazine rings is 1. The van der Waals surface area contributed by atoms with Crippen LogP contribution in [0.1, 0.15) is 45.4 Å². The molecule has 1 aromatic rings. The van der Waals surface area contributed by atoms with Gasteiger partial charge in [0.05, 0.1) is 12.3 Å². The first kappa shape index (κ1) is 21.8. The van der Waals surface area contributed by atoms with Gasteiger partial charge in [0.1, 0.15) is 5.82 Å². The van der Waals surface area contributed by atoms with E-state index in [1.807, 2.05) is 31.7 Å². The van der Waals surface area contributed by atoms with Crippen molar-refractivity contribution in [2.45, 2.75) is 56.8 Å². The lowest BCUT2D eigenvalue weighted by Crippen LogP contribution is -2.53. The summed E-state index contributed by atoms with van der Waals surface area (Å²) in [6.45, 7) is 13.5. The maximum absolute atomic E-state index is 12.6. The monoisotopic (exact) mass is 420 g/mol. The molecule has 1 aliphatic heterocycles. The van der Waals surface area contributed by atoms with Gasteiger partial charge in [0.15, 0.2) is 5.16 Å². The van der Waals surface area contributed by atoms with Crippen LogP contribution in [0, 0.1) is 0 Å². The molecule has 1 saturated heterocycles. The molecule has 160 valence electrons. The van der Waals surface area contributed by atoms with E-state index in [9.17, 15) is 9.59 Å². The highest BCUT2D eigenvalue weighted by Gasteiger charge is 2.30. The van der Waals surface area contributed by atoms with Crippen molar-refractivity contribution in [2.75, 3.05) is 38.5 Å². The molecule has 2 heterocycles. The maximum Gasteiger partial charge on any atom is 0.234 e. The number of nitrogens with one attached hydrogen (secondary N) is 1. The van der Waals surface area contributed by atoms with Crippen LogP contribution in [-0.2, 0) is 16.1 Å². The standard InChI is InChI=1S/C20H32N6O2S/c1-5-8-26-18(15-6-7-15)22-23-19(26)29-14-17(28)25-11-9-24(10-12-25)13-16(27)21-20(2,3)4/h5,15H,1,6-14H2,2-4H3,(H,21,27). The van der Waals surface area contributed by atoms with Gasteiger partial charge in [-0.1, -0.05) is 17.8 Å². The number of thioether (sulfide) groups is 1. The third-order valence-electron chi connectivity index (χ3n) is 4.93. The van der Waals surface area contributed by atoms with E-state index in [-0.39, 0.29) is 17.4 Å². The highest BCUT2D eigenvalue weighted by molar-refractivity contribution is 7.99. The Hall–Kier alpha value is -1.87. The summed E-state index contributed by atoms with van der Waals surface area (Å²) in [5, 5.41) is 12.4. The minimum Gasteiger partial charge on any atom is -0.350 e. The van der Waals surface area contributed by atoms with Crippen LogP contribution in [-0.4, -0.2) is 80.4 Å². The van der Waals surface area contributed by atoms with Crippen LogP contribution in [0.15, 0.2) is 17.8 Å². The SMILES string of the molecule is C=CCn1c(SCC(=O)N2CCN(CC(=O)NC(C)(C)C)CC2)nnc1C1CC1. The summed E-state index contributed by atoms with van der Waals surface area (Å²) in [7, 11) is 0. The van der Waals surface area contributed by atoms with Crippen LogP contribution in [0.25, 0.3) is 0 Å². The van der Waals surface area contributed by atoms with Crippen molar-refractivity contribution in [3.63, 3.8) is 0 Å². The number of carbonyl (C=O) groups is 2. The minimum absolute atomic E-state index is 0.0286. The first-order chi connectivity index (χ1) is 13.8. The van der Waals surface area contributed by atoms with Crippen molar-refractivity contribution in [2.24, 2.45) is 0 Å². The van der Waals surface area contributed by atoms with E-state index in [1.165, 1.54) is 11.8 Å². The van der Waals surface area contributed by atoms with Crippen LogP contribution in [0.5, 0.6) is 0 Å². The van der Waals surface area contributed by atoms with Crippen molar-refractivity contribution in [3.05, 3.63) is 18.5 Å². The highest BCUT2D eigenvalue weighted by atomic mass is 32.2. The third kappa shape index (κ3) is 6.30. The summed E-state index contributed by atoms with van der Waals surface area (Å²) in [6.07, 6.45) is 4.17. The molecule has 0 radical (unpaired) electrons. The Morgan fingerprint density at radius 1 is 1.21 bits per heavy atom. The van der Waals surface area contributed by atoms with Crippen molar-refractivity contribution in [3.8, 4) is 0 Å². The summed E-state index contributed by atoms with van der Waals surface area (Å²) in [4.78, 5) is 28.7. The van der Waals surface area contributed by atoms with Crippen LogP contribution < -0.4 is 5.32 Å². The van der Waals surface area contributed by atoms with Crippen LogP contribution in [0.3, 0.4) is 0 Å². The minimum atomic E-state index is -0.225. The lowest BCUT2D eigenvalue weighted by atomic mass is 10.1. The zero-order valence-corrected chi connectivity index (χ0v) is 18.5. The Kier molecular flexibility index (Phi) is 7.00. The summed E-state index contributed by atoms with van der Waals surface area (Å²) in [5.41, 5.74) is -0.225. The highest BCUT2D eigenvalue weighted by Crippen LogP contribution is 2.40. The number of allylic oxidation sites excluding steroid dienone is 1. The van der Waals surface area contributed by atoms with Crippen molar-refractivity contribution in [1.29, 1.82) is 0 Å². The second-order valence-corrected chi connectivity index (χ2v) is 9.70. The fourth-order valence-corrected chi connectivity index (χ4v) is 4.24. The first-order valence-electron chi connectivity index (χ1n) is 10.2. The molecule has 1 saturated carbocycles. The maximum atomic E-state index is 12.6. The van der Waals surface area contributed by atoms with Crippen molar-refractivity contribution < 1.29 is 9.59 Å². The number of carbonyl (C=O) groups excluding carboxylic acids is 2. The van der Waals surface area contributed by atoms with E-state index in [0.717, 1.165) is 23.8 Å². The zero-order chi connectivity index (χ0) is 21.0. The predicted molar refractivity (Wildman–Crippen MR) is 114 cm³/mol.